The zero-order valence-electron chi connectivity index (χ0n) is 16.0. The van der Waals surface area contributed by atoms with E-state index in [1.165, 1.54) is 5.56 Å². The molecule has 1 aliphatic heterocycles. The van der Waals surface area contributed by atoms with Gasteiger partial charge in [-0.2, -0.15) is 0 Å². The monoisotopic (exact) mass is 391 g/mol. The smallest absolute Gasteiger partial charge is 0.262 e. The van der Waals surface area contributed by atoms with E-state index >= 15 is 0 Å². The van der Waals surface area contributed by atoms with Crippen molar-refractivity contribution < 1.29 is 19.1 Å². The highest BCUT2D eigenvalue weighted by Crippen LogP contribution is 2.36. The Morgan fingerprint density at radius 3 is 3.00 bits per heavy atom. The minimum absolute atomic E-state index is 0.00539. The number of fused-ring (bicyclic) bond motifs is 4. The molecule has 2 heterocycles. The van der Waals surface area contributed by atoms with Crippen LogP contribution in [0.1, 0.15) is 40.5 Å². The van der Waals surface area contributed by atoms with Crippen molar-refractivity contribution in [1.29, 1.82) is 0 Å². The summed E-state index contributed by atoms with van der Waals surface area (Å²) in [5, 5.41) is 7.03. The van der Waals surface area contributed by atoms with Crippen LogP contribution < -0.4 is 20.1 Å². The lowest BCUT2D eigenvalue weighted by Gasteiger charge is -2.24. The molecule has 7 heteroatoms. The lowest BCUT2D eigenvalue weighted by Crippen LogP contribution is -2.31. The number of methoxy groups -OCH3 is 1. The van der Waals surface area contributed by atoms with Crippen molar-refractivity contribution in [1.82, 2.24) is 10.3 Å². The number of aryl methyl sites for hydroxylation is 1. The van der Waals surface area contributed by atoms with Gasteiger partial charge in [0, 0.05) is 22.2 Å². The Morgan fingerprint density at radius 2 is 2.14 bits per heavy atom. The number of anilines is 1. The van der Waals surface area contributed by atoms with Crippen LogP contribution in [0.15, 0.2) is 36.4 Å². The summed E-state index contributed by atoms with van der Waals surface area (Å²) >= 11 is 0. The summed E-state index contributed by atoms with van der Waals surface area (Å²) in [4.78, 5) is 27.9. The molecule has 2 aromatic carbocycles. The van der Waals surface area contributed by atoms with Gasteiger partial charge in [-0.25, -0.2) is 0 Å². The summed E-state index contributed by atoms with van der Waals surface area (Å²) < 4.78 is 10.7. The van der Waals surface area contributed by atoms with Gasteiger partial charge in [0.2, 0.25) is 0 Å². The minimum atomic E-state index is -0.222. The molecule has 5 rings (SSSR count). The van der Waals surface area contributed by atoms with Crippen LogP contribution in [0.5, 0.6) is 11.5 Å². The molecule has 2 amide bonds. The number of aromatic nitrogens is 1. The second-order valence-corrected chi connectivity index (χ2v) is 7.39. The van der Waals surface area contributed by atoms with Gasteiger partial charge in [-0.1, -0.05) is 0 Å². The fourth-order valence-electron chi connectivity index (χ4n) is 4.18. The van der Waals surface area contributed by atoms with E-state index in [0.717, 1.165) is 41.6 Å². The Bertz CT molecular complexity index is 1130. The van der Waals surface area contributed by atoms with Crippen LogP contribution in [0.4, 0.5) is 5.69 Å². The third-order valence-electron chi connectivity index (χ3n) is 5.59. The molecule has 0 bridgehead atoms. The molecule has 0 saturated carbocycles. The average molecular weight is 391 g/mol. The summed E-state index contributed by atoms with van der Waals surface area (Å²) in [5.41, 5.74) is 4.35. The van der Waals surface area contributed by atoms with Crippen LogP contribution in [-0.4, -0.2) is 30.5 Å². The highest BCUT2D eigenvalue weighted by Gasteiger charge is 2.27. The summed E-state index contributed by atoms with van der Waals surface area (Å²) in [7, 11) is 1.66. The molecule has 0 saturated heterocycles. The van der Waals surface area contributed by atoms with Crippen molar-refractivity contribution in [3.05, 3.63) is 53.2 Å². The van der Waals surface area contributed by atoms with Crippen molar-refractivity contribution >= 4 is 28.4 Å². The first-order valence-corrected chi connectivity index (χ1v) is 9.68. The molecular formula is C22H21N3O4. The lowest BCUT2D eigenvalue weighted by molar-refractivity contribution is -0.118. The molecule has 0 radical (unpaired) electrons. The zero-order valence-corrected chi connectivity index (χ0v) is 16.0. The predicted octanol–water partition coefficient (Wildman–Crippen LogP) is 3.31. The maximum absolute atomic E-state index is 12.9. The van der Waals surface area contributed by atoms with Crippen LogP contribution in [0, 0.1) is 0 Å². The first-order chi connectivity index (χ1) is 14.1. The second-order valence-electron chi connectivity index (χ2n) is 7.39. The number of rotatable bonds is 3. The Hall–Kier alpha value is -3.48. The fraction of sp³-hybridized carbons (Fsp3) is 0.273. The van der Waals surface area contributed by atoms with Gasteiger partial charge >= 0.3 is 0 Å². The lowest BCUT2D eigenvalue weighted by atomic mass is 9.91. The van der Waals surface area contributed by atoms with Crippen molar-refractivity contribution in [3.8, 4) is 11.5 Å². The molecule has 29 heavy (non-hydrogen) atoms. The van der Waals surface area contributed by atoms with E-state index in [9.17, 15) is 9.59 Å². The number of aromatic amines is 1. The SMILES string of the molecule is COc1ccc2[nH]c3c(c2c1)CCC[C@H]3NC(=O)c1ccc2c(c1)NC(=O)CO2. The summed E-state index contributed by atoms with van der Waals surface area (Å²) in [5.74, 6) is 0.997. The molecule has 148 valence electrons. The third kappa shape index (κ3) is 3.08. The highest BCUT2D eigenvalue weighted by molar-refractivity contribution is 6.00. The van der Waals surface area contributed by atoms with Gasteiger partial charge in [-0.05, 0) is 61.2 Å². The van der Waals surface area contributed by atoms with E-state index < -0.39 is 0 Å². The highest BCUT2D eigenvalue weighted by atomic mass is 16.5. The van der Waals surface area contributed by atoms with E-state index in [-0.39, 0.29) is 24.5 Å². The van der Waals surface area contributed by atoms with Crippen LogP contribution in [0.3, 0.4) is 0 Å². The van der Waals surface area contributed by atoms with E-state index in [1.54, 1.807) is 25.3 Å². The van der Waals surface area contributed by atoms with Gasteiger partial charge < -0.3 is 25.1 Å². The van der Waals surface area contributed by atoms with Gasteiger partial charge in [0.25, 0.3) is 11.8 Å². The molecule has 0 unspecified atom stereocenters. The van der Waals surface area contributed by atoms with Gasteiger partial charge in [0.1, 0.15) is 11.5 Å². The van der Waals surface area contributed by atoms with Crippen molar-refractivity contribution in [3.63, 3.8) is 0 Å². The fourth-order valence-corrected chi connectivity index (χ4v) is 4.18. The normalized spacial score (nSPS) is 17.7. The number of amides is 2. The van der Waals surface area contributed by atoms with Gasteiger partial charge in [0.15, 0.2) is 6.61 Å². The molecule has 3 aromatic rings. The number of hydrogen-bond acceptors (Lipinski definition) is 4. The van der Waals surface area contributed by atoms with E-state index in [0.29, 0.717) is 17.0 Å². The number of benzene rings is 2. The summed E-state index contributed by atoms with van der Waals surface area (Å²) in [6.45, 7) is -0.00539. The van der Waals surface area contributed by atoms with E-state index in [1.807, 2.05) is 18.2 Å². The van der Waals surface area contributed by atoms with Crippen LogP contribution >= 0.6 is 0 Å². The van der Waals surface area contributed by atoms with Crippen LogP contribution in [0.25, 0.3) is 10.9 Å². The van der Waals surface area contributed by atoms with Crippen molar-refractivity contribution in [2.24, 2.45) is 0 Å². The molecule has 2 aliphatic rings. The molecular weight excluding hydrogens is 370 g/mol. The topological polar surface area (TPSA) is 92.5 Å². The number of nitrogens with one attached hydrogen (secondary N) is 3. The minimum Gasteiger partial charge on any atom is -0.497 e. The second kappa shape index (κ2) is 6.84. The van der Waals surface area contributed by atoms with Gasteiger partial charge in [0.05, 0.1) is 18.8 Å². The molecule has 3 N–H and O–H groups in total. The number of hydrogen-bond donors (Lipinski definition) is 3. The molecule has 1 atom stereocenters. The third-order valence-corrected chi connectivity index (χ3v) is 5.59. The molecule has 1 aromatic heterocycles. The number of carbonyl (C=O) groups excluding carboxylic acids is 2. The maximum Gasteiger partial charge on any atom is 0.262 e. The summed E-state index contributed by atoms with van der Waals surface area (Å²) in [6, 6.07) is 11.0. The molecule has 1 aliphatic carbocycles. The van der Waals surface area contributed by atoms with E-state index in [4.69, 9.17) is 9.47 Å². The average Bonchev–Trinajstić information content (AvgIpc) is 3.12. The Kier molecular flexibility index (Phi) is 4.16. The standard InChI is InChI=1S/C22H21N3O4/c1-28-13-6-7-16-15(10-13)14-3-2-4-17(21(14)24-16)25-22(27)12-5-8-19-18(9-12)23-20(26)11-29-19/h5-10,17,24H,2-4,11H2,1H3,(H,23,26)(H,25,27)/t17-/m1/s1. The molecule has 7 nitrogen and oxygen atoms in total. The quantitative estimate of drug-likeness (QED) is 0.639. The van der Waals surface area contributed by atoms with Gasteiger partial charge in [-0.15, -0.1) is 0 Å². The first-order valence-electron chi connectivity index (χ1n) is 9.68. The summed E-state index contributed by atoms with van der Waals surface area (Å²) in [6.07, 6.45) is 2.83. The Morgan fingerprint density at radius 1 is 1.24 bits per heavy atom. The Balaban J connectivity index is 1.43. The van der Waals surface area contributed by atoms with Crippen molar-refractivity contribution in [2.45, 2.75) is 25.3 Å². The van der Waals surface area contributed by atoms with Gasteiger partial charge in [-0.3, -0.25) is 9.59 Å². The van der Waals surface area contributed by atoms with E-state index in [2.05, 4.69) is 15.6 Å². The Labute approximate surface area is 167 Å². The largest absolute Gasteiger partial charge is 0.497 e. The number of ether oxygens (including phenoxy) is 2. The number of carbonyl (C=O) groups is 2. The van der Waals surface area contributed by atoms with Crippen LogP contribution in [-0.2, 0) is 11.2 Å². The van der Waals surface area contributed by atoms with Crippen LogP contribution in [0.2, 0.25) is 0 Å². The molecule has 0 spiro atoms. The zero-order chi connectivity index (χ0) is 20.0. The maximum atomic E-state index is 12.9. The first kappa shape index (κ1) is 17.6. The predicted molar refractivity (Wildman–Crippen MR) is 109 cm³/mol. The van der Waals surface area contributed by atoms with Crippen molar-refractivity contribution in [2.75, 3.05) is 19.0 Å². The number of H-pyrrole nitrogens is 1. The molecule has 0 fully saturated rings.